The lowest BCUT2D eigenvalue weighted by Gasteiger charge is -2.34. The molecule has 28 heavy (non-hydrogen) atoms. The number of hydrogen-bond acceptors (Lipinski definition) is 7. The Labute approximate surface area is 173 Å². The van der Waals surface area contributed by atoms with Crippen LogP contribution in [0.4, 0.5) is 0 Å². The zero-order chi connectivity index (χ0) is 19.5. The quantitative estimate of drug-likeness (QED) is 0.485. The largest absolute Gasteiger partial charge is 0.339 e. The van der Waals surface area contributed by atoms with Gasteiger partial charge in [-0.2, -0.15) is 0 Å². The molecule has 2 aromatic heterocycles. The second-order valence-corrected chi connectivity index (χ2v) is 9.32. The molecule has 9 heteroatoms. The van der Waals surface area contributed by atoms with Gasteiger partial charge in [0.15, 0.2) is 5.16 Å². The van der Waals surface area contributed by atoms with Gasteiger partial charge < -0.3 is 9.47 Å². The normalized spacial score (nSPS) is 17.8. The number of thiazole rings is 1. The Bertz CT molecular complexity index is 835. The molecule has 150 valence electrons. The number of piperazine rings is 1. The topological polar surface area (TPSA) is 67.2 Å². The predicted octanol–water partition coefficient (Wildman–Crippen LogP) is 2.54. The molecule has 0 unspecified atom stereocenters. The Morgan fingerprint density at radius 3 is 2.75 bits per heavy atom. The molecular formula is C19H26N6OS2. The highest BCUT2D eigenvalue weighted by Gasteiger charge is 2.30. The van der Waals surface area contributed by atoms with Crippen LogP contribution in [0.3, 0.4) is 0 Å². The Kier molecular flexibility index (Phi) is 6.13. The van der Waals surface area contributed by atoms with Crippen LogP contribution in [0.5, 0.6) is 0 Å². The zero-order valence-corrected chi connectivity index (χ0v) is 17.8. The van der Waals surface area contributed by atoms with E-state index in [4.69, 9.17) is 0 Å². The third kappa shape index (κ3) is 4.64. The standard InChI is InChI=1S/C19H26N6OS2/c1-3-6-25-18(15-4-5-15)21-22-19(25)28-13-17(26)24-9-7-23(8-10-24)11-16-12-27-14(2)20-16/h3,12,15H,1,4-11,13H2,2H3. The molecule has 1 saturated carbocycles. The second kappa shape index (κ2) is 8.75. The lowest BCUT2D eigenvalue weighted by molar-refractivity contribution is -0.130. The number of aryl methyl sites for hydroxylation is 1. The van der Waals surface area contributed by atoms with Gasteiger partial charge in [0.05, 0.1) is 16.5 Å². The van der Waals surface area contributed by atoms with E-state index in [-0.39, 0.29) is 5.91 Å². The summed E-state index contributed by atoms with van der Waals surface area (Å²) in [5, 5.41) is 12.7. The second-order valence-electron chi connectivity index (χ2n) is 7.32. The van der Waals surface area contributed by atoms with E-state index in [2.05, 4.69) is 36.6 Å². The molecule has 0 radical (unpaired) electrons. The monoisotopic (exact) mass is 418 g/mol. The molecule has 1 aliphatic heterocycles. The van der Waals surface area contributed by atoms with Gasteiger partial charge in [0.2, 0.25) is 5.91 Å². The van der Waals surface area contributed by atoms with Crippen molar-refractivity contribution in [2.45, 2.75) is 43.9 Å². The van der Waals surface area contributed by atoms with Gasteiger partial charge in [-0.05, 0) is 19.8 Å². The van der Waals surface area contributed by atoms with E-state index in [9.17, 15) is 4.79 Å². The Hall–Kier alpha value is -1.71. The predicted molar refractivity (Wildman–Crippen MR) is 112 cm³/mol. The van der Waals surface area contributed by atoms with Crippen molar-refractivity contribution >= 4 is 29.0 Å². The molecule has 0 spiro atoms. The molecule has 0 bridgehead atoms. The molecule has 2 aromatic rings. The summed E-state index contributed by atoms with van der Waals surface area (Å²) in [6.45, 7) is 10.8. The van der Waals surface area contributed by atoms with Crippen molar-refractivity contribution in [2.24, 2.45) is 0 Å². The minimum Gasteiger partial charge on any atom is -0.339 e. The van der Waals surface area contributed by atoms with E-state index in [0.717, 1.165) is 54.4 Å². The van der Waals surface area contributed by atoms with Gasteiger partial charge in [0.25, 0.3) is 0 Å². The van der Waals surface area contributed by atoms with E-state index >= 15 is 0 Å². The van der Waals surface area contributed by atoms with Crippen molar-refractivity contribution in [3.05, 3.63) is 34.6 Å². The summed E-state index contributed by atoms with van der Waals surface area (Å²) < 4.78 is 2.11. The molecule has 0 atom stereocenters. The van der Waals surface area contributed by atoms with Crippen LogP contribution in [0.1, 0.15) is 35.3 Å². The minimum atomic E-state index is 0.176. The van der Waals surface area contributed by atoms with Crippen LogP contribution >= 0.6 is 23.1 Å². The van der Waals surface area contributed by atoms with Gasteiger partial charge in [0, 0.05) is 50.6 Å². The summed E-state index contributed by atoms with van der Waals surface area (Å²) in [7, 11) is 0. The van der Waals surface area contributed by atoms with Crippen molar-refractivity contribution in [1.82, 2.24) is 29.5 Å². The molecule has 4 rings (SSSR count). The first-order chi connectivity index (χ1) is 13.6. The molecule has 2 aliphatic rings. The lowest BCUT2D eigenvalue weighted by atomic mass is 10.3. The first kappa shape index (κ1) is 19.6. The average Bonchev–Trinajstić information content (AvgIpc) is 3.34. The summed E-state index contributed by atoms with van der Waals surface area (Å²) >= 11 is 3.18. The highest BCUT2D eigenvalue weighted by molar-refractivity contribution is 7.99. The van der Waals surface area contributed by atoms with Crippen LogP contribution in [0.2, 0.25) is 0 Å². The maximum Gasteiger partial charge on any atom is 0.233 e. The fourth-order valence-electron chi connectivity index (χ4n) is 3.43. The van der Waals surface area contributed by atoms with Crippen molar-refractivity contribution in [3.63, 3.8) is 0 Å². The summed E-state index contributed by atoms with van der Waals surface area (Å²) in [5.74, 6) is 2.16. The maximum absolute atomic E-state index is 12.7. The summed E-state index contributed by atoms with van der Waals surface area (Å²) in [6, 6.07) is 0. The zero-order valence-electron chi connectivity index (χ0n) is 16.2. The molecule has 1 amide bonds. The highest BCUT2D eigenvalue weighted by atomic mass is 32.2. The third-order valence-corrected chi connectivity index (χ3v) is 6.88. The van der Waals surface area contributed by atoms with E-state index in [0.29, 0.717) is 18.2 Å². The number of nitrogens with zero attached hydrogens (tertiary/aromatic N) is 6. The molecule has 1 aliphatic carbocycles. The van der Waals surface area contributed by atoms with Crippen LogP contribution in [0.25, 0.3) is 0 Å². The van der Waals surface area contributed by atoms with Crippen molar-refractivity contribution in [3.8, 4) is 0 Å². The van der Waals surface area contributed by atoms with Crippen molar-refractivity contribution in [1.29, 1.82) is 0 Å². The van der Waals surface area contributed by atoms with E-state index < -0.39 is 0 Å². The molecule has 2 fully saturated rings. The molecular weight excluding hydrogens is 392 g/mol. The fourth-order valence-corrected chi connectivity index (χ4v) is 4.90. The average molecular weight is 419 g/mol. The molecule has 0 aromatic carbocycles. The van der Waals surface area contributed by atoms with Gasteiger partial charge in [-0.25, -0.2) is 4.98 Å². The summed E-state index contributed by atoms with van der Waals surface area (Å²) in [6.07, 6.45) is 4.23. The van der Waals surface area contributed by atoms with Gasteiger partial charge in [-0.1, -0.05) is 17.8 Å². The Morgan fingerprint density at radius 1 is 1.32 bits per heavy atom. The summed E-state index contributed by atoms with van der Waals surface area (Å²) in [5.41, 5.74) is 1.13. The van der Waals surface area contributed by atoms with Gasteiger partial charge >= 0.3 is 0 Å². The van der Waals surface area contributed by atoms with Crippen LogP contribution in [0, 0.1) is 6.92 Å². The summed E-state index contributed by atoms with van der Waals surface area (Å²) in [4.78, 5) is 21.5. The van der Waals surface area contributed by atoms with Crippen LogP contribution in [-0.2, 0) is 17.9 Å². The number of aromatic nitrogens is 4. The molecule has 7 nitrogen and oxygen atoms in total. The number of carbonyl (C=O) groups is 1. The number of hydrogen-bond donors (Lipinski definition) is 0. The minimum absolute atomic E-state index is 0.176. The third-order valence-electron chi connectivity index (χ3n) is 5.10. The van der Waals surface area contributed by atoms with Gasteiger partial charge in [-0.15, -0.1) is 28.1 Å². The van der Waals surface area contributed by atoms with Crippen LogP contribution in [-0.4, -0.2) is 67.4 Å². The number of amides is 1. The molecule has 3 heterocycles. The first-order valence-electron chi connectivity index (χ1n) is 9.72. The lowest BCUT2D eigenvalue weighted by Crippen LogP contribution is -2.48. The van der Waals surface area contributed by atoms with Crippen molar-refractivity contribution < 1.29 is 4.79 Å². The van der Waals surface area contributed by atoms with Gasteiger partial charge in [-0.3, -0.25) is 9.69 Å². The highest BCUT2D eigenvalue weighted by Crippen LogP contribution is 2.40. The van der Waals surface area contributed by atoms with E-state index in [1.807, 2.05) is 17.9 Å². The van der Waals surface area contributed by atoms with E-state index in [1.165, 1.54) is 24.6 Å². The Balaban J connectivity index is 1.26. The first-order valence-corrected chi connectivity index (χ1v) is 11.6. The number of carbonyl (C=O) groups excluding carboxylic acids is 1. The number of rotatable bonds is 8. The van der Waals surface area contributed by atoms with Crippen LogP contribution in [0.15, 0.2) is 23.2 Å². The number of allylic oxidation sites excluding steroid dienone is 1. The Morgan fingerprint density at radius 2 is 2.11 bits per heavy atom. The number of thioether (sulfide) groups is 1. The smallest absolute Gasteiger partial charge is 0.233 e. The molecule has 1 saturated heterocycles. The SMILES string of the molecule is C=CCn1c(SCC(=O)N2CCN(Cc3csc(C)n3)CC2)nnc1C1CC1. The molecule has 0 N–H and O–H groups in total. The fraction of sp³-hybridized carbons (Fsp3) is 0.579. The van der Waals surface area contributed by atoms with E-state index in [1.54, 1.807) is 11.3 Å². The maximum atomic E-state index is 12.7. The van der Waals surface area contributed by atoms with Crippen molar-refractivity contribution in [2.75, 3.05) is 31.9 Å². The van der Waals surface area contributed by atoms with Crippen LogP contribution < -0.4 is 0 Å². The van der Waals surface area contributed by atoms with Gasteiger partial charge in [0.1, 0.15) is 5.82 Å².